The number of nitrogens with one attached hydrogen (secondary N) is 1. The average Bonchev–Trinajstić information content (AvgIpc) is 3.13. The molecule has 0 aliphatic carbocycles. The van der Waals surface area contributed by atoms with Gasteiger partial charge in [0.25, 0.3) is 5.56 Å². The summed E-state index contributed by atoms with van der Waals surface area (Å²) < 4.78 is 6.74. The van der Waals surface area contributed by atoms with Gasteiger partial charge >= 0.3 is 5.69 Å². The van der Waals surface area contributed by atoms with Gasteiger partial charge in [0.05, 0.1) is 22.3 Å². The van der Waals surface area contributed by atoms with Gasteiger partial charge < -0.3 is 4.74 Å². The summed E-state index contributed by atoms with van der Waals surface area (Å²) in [5.74, 6) is 0.743. The van der Waals surface area contributed by atoms with Crippen LogP contribution in [0.2, 0.25) is 10.0 Å². The van der Waals surface area contributed by atoms with Crippen molar-refractivity contribution in [2.45, 2.75) is 19.9 Å². The quantitative estimate of drug-likeness (QED) is 0.663. The predicted octanol–water partition coefficient (Wildman–Crippen LogP) is 3.60. The van der Waals surface area contributed by atoms with Crippen LogP contribution in [-0.4, -0.2) is 20.5 Å². The lowest BCUT2D eigenvalue weighted by Gasteiger charge is -2.13. The predicted molar refractivity (Wildman–Crippen MR) is 112 cm³/mol. The molecule has 1 aliphatic rings. The summed E-state index contributed by atoms with van der Waals surface area (Å²) in [6.45, 7) is 2.69. The lowest BCUT2D eigenvalue weighted by molar-refractivity contribution is 0.482. The molecule has 3 aromatic rings. The number of hydrogen-bond donors (Lipinski definition) is 1. The molecule has 30 heavy (non-hydrogen) atoms. The number of fused-ring (bicyclic) bond motifs is 1. The molecule has 1 aromatic heterocycles. The van der Waals surface area contributed by atoms with E-state index in [9.17, 15) is 9.59 Å². The van der Waals surface area contributed by atoms with Crippen LogP contribution in [0.15, 0.2) is 44.9 Å². The van der Waals surface area contributed by atoms with Crippen molar-refractivity contribution < 1.29 is 4.74 Å². The molecule has 0 unspecified atom stereocenters. The Balaban J connectivity index is 1.72. The average molecular weight is 442 g/mol. The maximum Gasteiger partial charge on any atom is 0.349 e. The van der Waals surface area contributed by atoms with Crippen LogP contribution in [0.3, 0.4) is 0 Å². The molecule has 2 aromatic carbocycles. The molecule has 0 amide bonds. The molecule has 150 valence electrons. The van der Waals surface area contributed by atoms with E-state index in [1.165, 1.54) is 12.1 Å². The Kier molecular flexibility index (Phi) is 5.16. The maximum atomic E-state index is 12.1. The van der Waals surface area contributed by atoms with Crippen LogP contribution in [0.4, 0.5) is 0 Å². The molecule has 0 fully saturated rings. The molecule has 1 N–H and O–H groups in total. The van der Waals surface area contributed by atoms with E-state index in [0.29, 0.717) is 12.3 Å². The number of aromatic amines is 1. The molecule has 8 nitrogen and oxygen atoms in total. The van der Waals surface area contributed by atoms with Crippen LogP contribution in [0, 0.1) is 11.3 Å². The van der Waals surface area contributed by atoms with Crippen LogP contribution in [0.1, 0.15) is 30.2 Å². The van der Waals surface area contributed by atoms with Gasteiger partial charge in [-0.2, -0.15) is 9.94 Å². The van der Waals surface area contributed by atoms with E-state index in [-0.39, 0.29) is 21.5 Å². The van der Waals surface area contributed by atoms with E-state index < -0.39 is 16.9 Å². The van der Waals surface area contributed by atoms with Crippen molar-refractivity contribution in [1.29, 1.82) is 5.26 Å². The molecule has 1 aliphatic heterocycles. The monoisotopic (exact) mass is 441 g/mol. The summed E-state index contributed by atoms with van der Waals surface area (Å²) in [5, 5.41) is 13.0. The molecule has 2 heterocycles. The Morgan fingerprint density at radius 3 is 2.63 bits per heavy atom. The summed E-state index contributed by atoms with van der Waals surface area (Å²) in [5.41, 5.74) is 1.18. The third kappa shape index (κ3) is 3.49. The summed E-state index contributed by atoms with van der Waals surface area (Å²) in [6.07, 6.45) is 0.818. The Hall–Kier alpha value is -3.41. The largest absolute Gasteiger partial charge is 0.454 e. The number of ether oxygens (including phenoxy) is 1. The van der Waals surface area contributed by atoms with Gasteiger partial charge in [-0.05, 0) is 36.2 Å². The SMILES string of the molecule is CCC1=NCc2ccc(Oc3c(Cl)cc(-n4nc(C#N)c(=O)[nH]c4=O)cc3Cl)cc21. The maximum absolute atomic E-state index is 12.1. The van der Waals surface area contributed by atoms with E-state index >= 15 is 0 Å². The van der Waals surface area contributed by atoms with Gasteiger partial charge in [-0.15, -0.1) is 5.10 Å². The smallest absolute Gasteiger partial charge is 0.349 e. The molecule has 0 atom stereocenters. The Morgan fingerprint density at radius 1 is 1.23 bits per heavy atom. The molecule has 0 saturated heterocycles. The first-order chi connectivity index (χ1) is 14.4. The lowest BCUT2D eigenvalue weighted by atomic mass is 10.0. The number of hydrogen-bond acceptors (Lipinski definition) is 6. The standard InChI is InChI=1S/C20H13Cl2N5O3/c1-2-16-13-7-12(4-3-10(13)9-24-16)30-18-14(21)5-11(6-15(18)22)27-20(29)25-19(28)17(8-23)26-27/h3-7H,2,9H2,1H3,(H,25,28,29). The number of nitrogens with zero attached hydrogens (tertiary/aromatic N) is 4. The van der Waals surface area contributed by atoms with Crippen molar-refractivity contribution in [3.8, 4) is 23.3 Å². The van der Waals surface area contributed by atoms with Gasteiger partial charge in [-0.25, -0.2) is 4.79 Å². The molecular weight excluding hydrogens is 429 g/mol. The summed E-state index contributed by atoms with van der Waals surface area (Å²) in [6, 6.07) is 10.1. The second-order valence-electron chi connectivity index (χ2n) is 6.41. The van der Waals surface area contributed by atoms with Crippen molar-refractivity contribution in [3.63, 3.8) is 0 Å². The van der Waals surface area contributed by atoms with Gasteiger partial charge in [0, 0.05) is 11.3 Å². The first-order valence-electron chi connectivity index (χ1n) is 8.89. The zero-order chi connectivity index (χ0) is 21.4. The number of benzene rings is 2. The minimum atomic E-state index is -0.873. The van der Waals surface area contributed by atoms with E-state index in [1.807, 2.05) is 24.0 Å². The first kappa shape index (κ1) is 19.9. The van der Waals surface area contributed by atoms with Gasteiger partial charge in [0.2, 0.25) is 5.69 Å². The highest BCUT2D eigenvalue weighted by molar-refractivity contribution is 6.37. The second-order valence-corrected chi connectivity index (χ2v) is 7.22. The number of aromatic nitrogens is 3. The van der Waals surface area contributed by atoms with Gasteiger partial charge in [0.1, 0.15) is 11.8 Å². The zero-order valence-electron chi connectivity index (χ0n) is 15.6. The highest BCUT2D eigenvalue weighted by Gasteiger charge is 2.18. The fourth-order valence-electron chi connectivity index (χ4n) is 3.13. The zero-order valence-corrected chi connectivity index (χ0v) is 17.1. The van der Waals surface area contributed by atoms with Crippen LogP contribution in [0.25, 0.3) is 5.69 Å². The first-order valence-corrected chi connectivity index (χ1v) is 9.64. The fraction of sp³-hybridized carbons (Fsp3) is 0.150. The number of halogens is 2. The molecule has 0 bridgehead atoms. The van der Waals surface area contributed by atoms with Crippen molar-refractivity contribution in [2.75, 3.05) is 0 Å². The van der Waals surface area contributed by atoms with Crippen molar-refractivity contribution in [3.05, 3.63) is 78.0 Å². The van der Waals surface area contributed by atoms with E-state index in [2.05, 4.69) is 10.1 Å². The third-order valence-corrected chi connectivity index (χ3v) is 5.11. The summed E-state index contributed by atoms with van der Waals surface area (Å²) in [4.78, 5) is 30.1. The van der Waals surface area contributed by atoms with Crippen LogP contribution >= 0.6 is 23.2 Å². The van der Waals surface area contributed by atoms with E-state index in [0.717, 1.165) is 27.9 Å². The summed E-state index contributed by atoms with van der Waals surface area (Å²) >= 11 is 12.7. The number of aliphatic imine (C=N–C) groups is 1. The van der Waals surface area contributed by atoms with Crippen LogP contribution in [-0.2, 0) is 6.54 Å². The number of nitriles is 1. The molecule has 10 heteroatoms. The minimum Gasteiger partial charge on any atom is -0.454 e. The topological polar surface area (TPSA) is 113 Å². The van der Waals surface area contributed by atoms with E-state index in [1.54, 1.807) is 12.1 Å². The van der Waals surface area contributed by atoms with Gasteiger partial charge in [-0.1, -0.05) is 36.2 Å². The molecule has 0 radical (unpaired) electrons. The van der Waals surface area contributed by atoms with Crippen LogP contribution < -0.4 is 16.0 Å². The Bertz CT molecular complexity index is 1350. The fourth-order valence-corrected chi connectivity index (χ4v) is 3.68. The highest BCUT2D eigenvalue weighted by Crippen LogP contribution is 2.39. The minimum absolute atomic E-state index is 0.126. The lowest BCUT2D eigenvalue weighted by Crippen LogP contribution is -2.33. The number of rotatable bonds is 4. The van der Waals surface area contributed by atoms with Gasteiger partial charge in [-0.3, -0.25) is 14.8 Å². The third-order valence-electron chi connectivity index (χ3n) is 4.55. The highest BCUT2D eigenvalue weighted by atomic mass is 35.5. The molecule has 0 spiro atoms. The summed E-state index contributed by atoms with van der Waals surface area (Å²) in [7, 11) is 0. The second kappa shape index (κ2) is 7.78. The molecule has 4 rings (SSSR count). The Labute approximate surface area is 180 Å². The van der Waals surface area contributed by atoms with Gasteiger partial charge in [0.15, 0.2) is 5.75 Å². The van der Waals surface area contributed by atoms with Crippen LogP contribution in [0.5, 0.6) is 11.5 Å². The van der Waals surface area contributed by atoms with Crippen molar-refractivity contribution >= 4 is 28.9 Å². The van der Waals surface area contributed by atoms with Crippen molar-refractivity contribution in [1.82, 2.24) is 14.8 Å². The molecular formula is C20H13Cl2N5O3. The normalized spacial score (nSPS) is 12.3. The Morgan fingerprint density at radius 2 is 1.97 bits per heavy atom. The van der Waals surface area contributed by atoms with Crippen molar-refractivity contribution in [2.24, 2.45) is 4.99 Å². The molecule has 0 saturated carbocycles. The van der Waals surface area contributed by atoms with E-state index in [4.69, 9.17) is 33.2 Å². The number of H-pyrrole nitrogens is 1.